The van der Waals surface area contributed by atoms with Crippen molar-refractivity contribution in [3.63, 3.8) is 0 Å². The normalized spacial score (nSPS) is 10.7. The summed E-state index contributed by atoms with van der Waals surface area (Å²) in [5.74, 6) is -0.766. The van der Waals surface area contributed by atoms with Gasteiger partial charge >= 0.3 is 5.97 Å². The van der Waals surface area contributed by atoms with Gasteiger partial charge in [-0.3, -0.25) is 10.1 Å². The number of aryl methyl sites for hydroxylation is 2. The topological polar surface area (TPSA) is 84.1 Å². The smallest absolute Gasteiger partial charge is 0.340 e. The summed E-state index contributed by atoms with van der Waals surface area (Å²) >= 11 is 1.36. The summed E-state index contributed by atoms with van der Waals surface area (Å²) in [5.41, 5.74) is 5.01. The highest BCUT2D eigenvalue weighted by molar-refractivity contribution is 7.14. The first kappa shape index (κ1) is 19.8. The lowest BCUT2D eigenvalue weighted by Crippen LogP contribution is -2.14. The first-order valence-electron chi connectivity index (χ1n) is 9.17. The van der Waals surface area contributed by atoms with E-state index in [4.69, 9.17) is 4.74 Å². The third kappa shape index (κ3) is 3.99. The zero-order valence-electron chi connectivity index (χ0n) is 16.4. The third-order valence-electron chi connectivity index (χ3n) is 4.53. The minimum Gasteiger partial charge on any atom is -0.462 e. The Hall–Kier alpha value is -2.93. The molecule has 0 spiro atoms. The summed E-state index contributed by atoms with van der Waals surface area (Å²) < 4.78 is 5.07. The number of H-pyrrole nitrogens is 1. The molecule has 2 N–H and O–H groups in total. The maximum absolute atomic E-state index is 12.7. The maximum atomic E-state index is 12.7. The van der Waals surface area contributed by atoms with Crippen molar-refractivity contribution >= 4 is 28.3 Å². The summed E-state index contributed by atoms with van der Waals surface area (Å²) in [6.07, 6.45) is 0.987. The number of aromatic nitrogens is 2. The van der Waals surface area contributed by atoms with Gasteiger partial charge in [-0.25, -0.2) is 9.78 Å². The van der Waals surface area contributed by atoms with Crippen molar-refractivity contribution in [2.75, 3.05) is 11.9 Å². The van der Waals surface area contributed by atoms with Crippen LogP contribution in [0.4, 0.5) is 5.13 Å². The highest BCUT2D eigenvalue weighted by Gasteiger charge is 2.23. The summed E-state index contributed by atoms with van der Waals surface area (Å²) in [6, 6.07) is 8.22. The molecule has 0 fully saturated rings. The fourth-order valence-corrected chi connectivity index (χ4v) is 3.74. The first-order valence-corrected chi connectivity index (χ1v) is 10.0. The van der Waals surface area contributed by atoms with Crippen LogP contribution in [-0.2, 0) is 11.2 Å². The lowest BCUT2D eigenvalue weighted by atomic mass is 10.1. The Balaban J connectivity index is 1.78. The highest BCUT2D eigenvalue weighted by Crippen LogP contribution is 2.26. The summed E-state index contributed by atoms with van der Waals surface area (Å²) in [5, 5.41) is 5.22. The number of rotatable bonds is 6. The Bertz CT molecular complexity index is 1000. The van der Waals surface area contributed by atoms with E-state index in [1.54, 1.807) is 20.8 Å². The van der Waals surface area contributed by atoms with Crippen LogP contribution in [0.5, 0.6) is 0 Å². The molecule has 0 saturated heterocycles. The maximum Gasteiger partial charge on any atom is 0.340 e. The van der Waals surface area contributed by atoms with Gasteiger partial charge in [0.15, 0.2) is 5.13 Å². The van der Waals surface area contributed by atoms with Gasteiger partial charge in [-0.2, -0.15) is 0 Å². The Morgan fingerprint density at radius 3 is 2.54 bits per heavy atom. The molecule has 2 heterocycles. The van der Waals surface area contributed by atoms with Gasteiger partial charge in [0, 0.05) is 16.6 Å². The Kier molecular flexibility index (Phi) is 5.94. The number of nitrogens with one attached hydrogen (secondary N) is 2. The Morgan fingerprint density at radius 2 is 1.89 bits per heavy atom. The van der Waals surface area contributed by atoms with E-state index in [1.807, 2.05) is 17.5 Å². The monoisotopic (exact) mass is 397 g/mol. The van der Waals surface area contributed by atoms with Gasteiger partial charge in [-0.15, -0.1) is 11.3 Å². The Morgan fingerprint density at radius 1 is 1.18 bits per heavy atom. The molecule has 28 heavy (non-hydrogen) atoms. The van der Waals surface area contributed by atoms with Gasteiger partial charge in [0.05, 0.1) is 17.9 Å². The number of ether oxygens (including phenoxy) is 1. The fourth-order valence-electron chi connectivity index (χ4n) is 3.02. The summed E-state index contributed by atoms with van der Waals surface area (Å²) in [7, 11) is 0. The number of thiazole rings is 1. The Labute approximate surface area is 168 Å². The molecule has 3 aromatic rings. The predicted octanol–water partition coefficient (Wildman–Crippen LogP) is 4.75. The van der Waals surface area contributed by atoms with Crippen LogP contribution in [0.1, 0.15) is 51.5 Å². The molecule has 0 aliphatic rings. The minimum atomic E-state index is -0.431. The van der Waals surface area contributed by atoms with E-state index in [-0.39, 0.29) is 12.5 Å². The third-order valence-corrected chi connectivity index (χ3v) is 5.28. The van der Waals surface area contributed by atoms with Crippen LogP contribution < -0.4 is 5.32 Å². The van der Waals surface area contributed by atoms with Crippen molar-refractivity contribution < 1.29 is 14.3 Å². The van der Waals surface area contributed by atoms with Crippen LogP contribution in [0.15, 0.2) is 29.6 Å². The van der Waals surface area contributed by atoms with E-state index in [2.05, 4.69) is 34.3 Å². The van der Waals surface area contributed by atoms with E-state index >= 15 is 0 Å². The van der Waals surface area contributed by atoms with Crippen molar-refractivity contribution in [2.24, 2.45) is 0 Å². The molecule has 0 radical (unpaired) electrons. The molecule has 0 saturated carbocycles. The second kappa shape index (κ2) is 8.39. The SMILES string of the molecule is CCOC(=O)c1c(C)[nH]c(C(=O)Nc2nc(-c3ccc(CC)cc3)cs2)c1C. The van der Waals surface area contributed by atoms with Crippen LogP contribution in [0.3, 0.4) is 0 Å². The van der Waals surface area contributed by atoms with Crippen molar-refractivity contribution in [1.29, 1.82) is 0 Å². The number of benzene rings is 1. The number of amides is 1. The quantitative estimate of drug-likeness (QED) is 0.588. The predicted molar refractivity (Wildman–Crippen MR) is 111 cm³/mol. The average molecular weight is 398 g/mol. The van der Waals surface area contributed by atoms with Crippen LogP contribution >= 0.6 is 11.3 Å². The number of aromatic amines is 1. The van der Waals surface area contributed by atoms with E-state index < -0.39 is 5.97 Å². The van der Waals surface area contributed by atoms with E-state index in [9.17, 15) is 9.59 Å². The number of nitrogens with zero attached hydrogens (tertiary/aromatic N) is 1. The zero-order valence-corrected chi connectivity index (χ0v) is 17.2. The zero-order chi connectivity index (χ0) is 20.3. The molecule has 1 aromatic carbocycles. The molecule has 0 aliphatic heterocycles. The van der Waals surface area contributed by atoms with Crippen LogP contribution in [0.25, 0.3) is 11.3 Å². The van der Waals surface area contributed by atoms with Gasteiger partial charge in [0.25, 0.3) is 5.91 Å². The van der Waals surface area contributed by atoms with Crippen LogP contribution in [0, 0.1) is 13.8 Å². The van der Waals surface area contributed by atoms with Gasteiger partial charge in [-0.05, 0) is 38.3 Å². The second-order valence-corrected chi connectivity index (χ2v) is 7.25. The number of hydrogen-bond acceptors (Lipinski definition) is 5. The molecular weight excluding hydrogens is 374 g/mol. The van der Waals surface area contributed by atoms with Gasteiger partial charge in [-0.1, -0.05) is 31.2 Å². The number of anilines is 1. The first-order chi connectivity index (χ1) is 13.4. The molecule has 2 aromatic heterocycles. The van der Waals surface area contributed by atoms with E-state index in [0.717, 1.165) is 17.7 Å². The number of carbonyl (C=O) groups excluding carboxylic acids is 2. The van der Waals surface area contributed by atoms with Crippen molar-refractivity contribution in [2.45, 2.75) is 34.1 Å². The molecule has 1 amide bonds. The average Bonchev–Trinajstić information content (AvgIpc) is 3.26. The van der Waals surface area contributed by atoms with Crippen LogP contribution in [0.2, 0.25) is 0 Å². The number of esters is 1. The molecule has 3 rings (SSSR count). The van der Waals surface area contributed by atoms with E-state index in [0.29, 0.717) is 27.6 Å². The summed E-state index contributed by atoms with van der Waals surface area (Å²) in [6.45, 7) is 7.62. The van der Waals surface area contributed by atoms with Gasteiger partial charge in [0.2, 0.25) is 0 Å². The summed E-state index contributed by atoms with van der Waals surface area (Å²) in [4.78, 5) is 32.3. The largest absolute Gasteiger partial charge is 0.462 e. The lowest BCUT2D eigenvalue weighted by Gasteiger charge is -2.03. The number of hydrogen-bond donors (Lipinski definition) is 2. The number of carbonyl (C=O) groups is 2. The van der Waals surface area contributed by atoms with Crippen molar-refractivity contribution in [3.05, 3.63) is 57.7 Å². The molecule has 0 bridgehead atoms. The second-order valence-electron chi connectivity index (χ2n) is 6.39. The molecule has 0 unspecified atom stereocenters. The molecule has 146 valence electrons. The lowest BCUT2D eigenvalue weighted by molar-refractivity contribution is 0.0525. The molecule has 6 nitrogen and oxygen atoms in total. The molecular formula is C21H23N3O3S. The fraction of sp³-hybridized carbons (Fsp3) is 0.286. The molecule has 0 aliphatic carbocycles. The van der Waals surface area contributed by atoms with Crippen molar-refractivity contribution in [1.82, 2.24) is 9.97 Å². The minimum absolute atomic E-state index is 0.283. The van der Waals surface area contributed by atoms with E-state index in [1.165, 1.54) is 16.9 Å². The highest BCUT2D eigenvalue weighted by atomic mass is 32.1. The van der Waals surface area contributed by atoms with Crippen molar-refractivity contribution in [3.8, 4) is 11.3 Å². The van der Waals surface area contributed by atoms with Gasteiger partial charge in [0.1, 0.15) is 5.69 Å². The standard InChI is InChI=1S/C21H23N3O3S/c1-5-14-7-9-15(10-8-14)16-11-28-21(23-16)24-19(25)18-12(3)17(13(4)22-18)20(26)27-6-2/h7-11,22H,5-6H2,1-4H3,(H,23,24,25). The molecule has 7 heteroatoms. The van der Waals surface area contributed by atoms with Crippen LogP contribution in [-0.4, -0.2) is 28.5 Å². The molecule has 0 atom stereocenters. The van der Waals surface area contributed by atoms with Gasteiger partial charge < -0.3 is 9.72 Å².